The van der Waals surface area contributed by atoms with E-state index in [1.54, 1.807) is 0 Å². The second-order valence-electron chi connectivity index (χ2n) is 19.1. The van der Waals surface area contributed by atoms with Gasteiger partial charge in [-0.05, 0) is 133 Å². The van der Waals surface area contributed by atoms with Crippen molar-refractivity contribution in [2.75, 3.05) is 0 Å². The fourth-order valence-electron chi connectivity index (χ4n) is 11.5. The zero-order chi connectivity index (χ0) is 29.8. The van der Waals surface area contributed by atoms with Crippen molar-refractivity contribution >= 4 is 14.6 Å². The number of hydrogen-bond donors (Lipinski definition) is 0. The Labute approximate surface area is 249 Å². The molecule has 0 aromatic heterocycles. The first kappa shape index (κ1) is 31.0. The van der Waals surface area contributed by atoms with Crippen LogP contribution in [-0.4, -0.2) is 20.7 Å². The summed E-state index contributed by atoms with van der Waals surface area (Å²) in [7, 11) is -1.82. The molecule has 3 heteroatoms. The average molecular weight is 569 g/mol. The first-order valence-electron chi connectivity index (χ1n) is 17.0. The molecule has 0 saturated heterocycles. The van der Waals surface area contributed by atoms with Gasteiger partial charge in [-0.25, -0.2) is 0 Å². The summed E-state index contributed by atoms with van der Waals surface area (Å²) >= 11 is 0. The molecule has 4 saturated carbocycles. The van der Waals surface area contributed by atoms with Crippen LogP contribution in [0.25, 0.3) is 0 Å². The predicted molar refractivity (Wildman–Crippen MR) is 172 cm³/mol. The van der Waals surface area contributed by atoms with E-state index in [4.69, 9.17) is 4.43 Å². The van der Waals surface area contributed by atoms with Gasteiger partial charge in [0.15, 0.2) is 8.32 Å². The minimum atomic E-state index is -1.82. The molecule has 5 aliphatic carbocycles. The SMILES string of the molecule is CC1(C)C(O[Si](C)(C)C(C)(C)C)CC[C@]2(C)C3CC=C4C5C[C@@](C)(CC=O)CC[C@]5(C)CC[C@@]4(C)[C@]3(C)CC[C@@H]12. The van der Waals surface area contributed by atoms with Gasteiger partial charge in [-0.2, -0.15) is 0 Å². The molecule has 0 N–H and O–H groups in total. The monoisotopic (exact) mass is 568 g/mol. The van der Waals surface area contributed by atoms with Crippen LogP contribution in [0.4, 0.5) is 0 Å². The Morgan fingerprint density at radius 2 is 1.55 bits per heavy atom. The molecule has 5 rings (SSSR count). The average Bonchev–Trinajstić information content (AvgIpc) is 2.82. The highest BCUT2D eigenvalue weighted by Gasteiger charge is 2.68. The fourth-order valence-corrected chi connectivity index (χ4v) is 13.0. The highest BCUT2D eigenvalue weighted by molar-refractivity contribution is 6.74. The summed E-state index contributed by atoms with van der Waals surface area (Å²) in [5.41, 5.74) is 3.62. The van der Waals surface area contributed by atoms with E-state index < -0.39 is 8.32 Å². The first-order chi connectivity index (χ1) is 18.2. The highest BCUT2D eigenvalue weighted by atomic mass is 28.4. The third-order valence-corrected chi connectivity index (χ3v) is 20.2. The van der Waals surface area contributed by atoms with E-state index in [0.29, 0.717) is 28.3 Å². The molecule has 0 bridgehead atoms. The highest BCUT2D eigenvalue weighted by Crippen LogP contribution is 2.76. The zero-order valence-corrected chi connectivity index (χ0v) is 29.6. The summed E-state index contributed by atoms with van der Waals surface area (Å²) in [6.45, 7) is 30.3. The van der Waals surface area contributed by atoms with Crippen LogP contribution in [0, 0.1) is 50.2 Å². The van der Waals surface area contributed by atoms with E-state index in [0.717, 1.165) is 18.3 Å². The molecule has 228 valence electrons. The topological polar surface area (TPSA) is 26.3 Å². The Balaban J connectivity index is 1.48. The number of carbonyl (C=O) groups excluding carboxylic acids is 1. The molecular formula is C37H64O2Si. The Bertz CT molecular complexity index is 1050. The molecule has 5 aliphatic rings. The number of allylic oxidation sites excluding steroid dienone is 2. The maximum atomic E-state index is 11.7. The van der Waals surface area contributed by atoms with E-state index in [1.165, 1.54) is 70.5 Å². The summed E-state index contributed by atoms with van der Waals surface area (Å²) in [5, 5.41) is 0.254. The van der Waals surface area contributed by atoms with E-state index in [9.17, 15) is 4.79 Å². The lowest BCUT2D eigenvalue weighted by Gasteiger charge is -2.71. The standard InChI is InChI=1S/C37H64O2Si/c1-31(2,3)40(11,12)39-30-16-17-35(8)28(32(30,4)5)15-18-37(10)29(35)14-13-26-27-25-33(6,23-24-38)19-20-34(27,7)21-22-36(26,37)9/h13,24,27-30H,14-23,25H2,1-12H3/t27?,28-,29?,30?,33+,34+,35-,36+,37+/m0/s1. The molecular weight excluding hydrogens is 504 g/mol. The van der Waals surface area contributed by atoms with Crippen molar-refractivity contribution in [1.29, 1.82) is 0 Å². The molecule has 2 nitrogen and oxygen atoms in total. The maximum absolute atomic E-state index is 11.7. The van der Waals surface area contributed by atoms with E-state index in [1.807, 2.05) is 5.57 Å². The van der Waals surface area contributed by atoms with Gasteiger partial charge in [-0.1, -0.05) is 80.9 Å². The largest absolute Gasteiger partial charge is 0.413 e. The molecule has 4 fully saturated rings. The molecule has 40 heavy (non-hydrogen) atoms. The number of hydrogen-bond acceptors (Lipinski definition) is 2. The molecule has 0 amide bonds. The molecule has 9 atom stereocenters. The lowest BCUT2D eigenvalue weighted by molar-refractivity contribution is -0.200. The van der Waals surface area contributed by atoms with E-state index in [2.05, 4.69) is 88.4 Å². The van der Waals surface area contributed by atoms with Gasteiger partial charge in [-0.15, -0.1) is 0 Å². The van der Waals surface area contributed by atoms with Crippen molar-refractivity contribution in [3.63, 3.8) is 0 Å². The van der Waals surface area contributed by atoms with Gasteiger partial charge >= 0.3 is 0 Å². The normalized spacial score (nSPS) is 48.6. The van der Waals surface area contributed by atoms with Crippen LogP contribution in [0.1, 0.15) is 140 Å². The number of rotatable bonds is 4. The van der Waals surface area contributed by atoms with Crippen LogP contribution in [0.15, 0.2) is 11.6 Å². The van der Waals surface area contributed by atoms with Crippen molar-refractivity contribution < 1.29 is 9.22 Å². The molecule has 0 aromatic carbocycles. The van der Waals surface area contributed by atoms with Gasteiger partial charge in [0.05, 0.1) is 6.10 Å². The Morgan fingerprint density at radius 1 is 0.900 bits per heavy atom. The number of fused-ring (bicyclic) bond motifs is 7. The van der Waals surface area contributed by atoms with E-state index >= 15 is 0 Å². The Kier molecular flexibility index (Phi) is 7.21. The van der Waals surface area contributed by atoms with Gasteiger partial charge in [0.1, 0.15) is 6.29 Å². The molecule has 3 unspecified atom stereocenters. The number of aldehydes is 1. The minimum absolute atomic E-state index is 0.180. The summed E-state index contributed by atoms with van der Waals surface area (Å²) in [4.78, 5) is 11.7. The summed E-state index contributed by atoms with van der Waals surface area (Å²) < 4.78 is 7.23. The summed E-state index contributed by atoms with van der Waals surface area (Å²) in [6.07, 6.45) is 18.0. The third kappa shape index (κ3) is 4.27. The van der Waals surface area contributed by atoms with Gasteiger partial charge in [0.25, 0.3) is 0 Å². The summed E-state index contributed by atoms with van der Waals surface area (Å²) in [6, 6.07) is 0. The minimum Gasteiger partial charge on any atom is -0.413 e. The molecule has 0 aromatic rings. The van der Waals surface area contributed by atoms with Crippen molar-refractivity contribution in [1.82, 2.24) is 0 Å². The number of carbonyl (C=O) groups is 1. The molecule has 0 spiro atoms. The lowest BCUT2D eigenvalue weighted by Crippen LogP contribution is -2.65. The summed E-state index contributed by atoms with van der Waals surface area (Å²) in [5.74, 6) is 2.12. The second-order valence-corrected chi connectivity index (χ2v) is 23.9. The van der Waals surface area contributed by atoms with Gasteiger partial charge in [0.2, 0.25) is 0 Å². The zero-order valence-electron chi connectivity index (χ0n) is 28.6. The Morgan fingerprint density at radius 3 is 2.17 bits per heavy atom. The van der Waals surface area contributed by atoms with Gasteiger partial charge in [0, 0.05) is 6.42 Å². The van der Waals surface area contributed by atoms with Crippen molar-refractivity contribution in [2.24, 2.45) is 50.2 Å². The maximum Gasteiger partial charge on any atom is 0.192 e. The van der Waals surface area contributed by atoms with Crippen LogP contribution in [0.2, 0.25) is 18.1 Å². The van der Waals surface area contributed by atoms with Crippen LogP contribution >= 0.6 is 0 Å². The Hall–Kier alpha value is -0.413. The second kappa shape index (κ2) is 9.29. The smallest absolute Gasteiger partial charge is 0.192 e. The molecule has 0 aliphatic heterocycles. The van der Waals surface area contributed by atoms with Crippen molar-refractivity contribution in [3.05, 3.63) is 11.6 Å². The molecule has 0 heterocycles. The van der Waals surface area contributed by atoms with Crippen LogP contribution < -0.4 is 0 Å². The van der Waals surface area contributed by atoms with Crippen molar-refractivity contribution in [2.45, 2.75) is 164 Å². The predicted octanol–water partition coefficient (Wildman–Crippen LogP) is 10.8. The van der Waals surface area contributed by atoms with Crippen LogP contribution in [0.5, 0.6) is 0 Å². The molecule has 0 radical (unpaired) electrons. The first-order valence-corrected chi connectivity index (χ1v) is 19.9. The van der Waals surface area contributed by atoms with Crippen LogP contribution in [0.3, 0.4) is 0 Å². The van der Waals surface area contributed by atoms with Gasteiger partial charge in [-0.3, -0.25) is 0 Å². The van der Waals surface area contributed by atoms with E-state index in [-0.39, 0.29) is 21.3 Å². The van der Waals surface area contributed by atoms with Crippen molar-refractivity contribution in [3.8, 4) is 0 Å². The van der Waals surface area contributed by atoms with Gasteiger partial charge < -0.3 is 9.22 Å². The lowest BCUT2D eigenvalue weighted by atomic mass is 9.33. The third-order valence-electron chi connectivity index (χ3n) is 15.7. The quantitative estimate of drug-likeness (QED) is 0.191. The van der Waals surface area contributed by atoms with Crippen LogP contribution in [-0.2, 0) is 9.22 Å². The fraction of sp³-hybridized carbons (Fsp3) is 0.919.